The van der Waals surface area contributed by atoms with Gasteiger partial charge in [-0.1, -0.05) is 29.3 Å². The highest BCUT2D eigenvalue weighted by molar-refractivity contribution is 7.10. The highest BCUT2D eigenvalue weighted by Crippen LogP contribution is 2.28. The summed E-state index contributed by atoms with van der Waals surface area (Å²) >= 11 is 14.0. The van der Waals surface area contributed by atoms with Crippen molar-refractivity contribution in [2.75, 3.05) is 19.6 Å². The Hall–Kier alpha value is -1.07. The van der Waals surface area contributed by atoms with Gasteiger partial charge in [0.25, 0.3) is 0 Å². The molecule has 1 fully saturated rings. The van der Waals surface area contributed by atoms with Gasteiger partial charge in [0.05, 0.1) is 0 Å². The molecule has 0 spiro atoms. The van der Waals surface area contributed by atoms with Crippen LogP contribution in [0.2, 0.25) is 10.0 Å². The van der Waals surface area contributed by atoms with E-state index in [0.717, 1.165) is 38.2 Å². The molecule has 0 aliphatic carbocycles. The number of nitrogens with zero attached hydrogens (tertiary/aromatic N) is 2. The third kappa shape index (κ3) is 3.72. The molecule has 0 bridgehead atoms. The van der Waals surface area contributed by atoms with Crippen molar-refractivity contribution >= 4 is 40.4 Å². The first-order valence-corrected chi connectivity index (χ1v) is 10.2. The van der Waals surface area contributed by atoms with Crippen LogP contribution >= 0.6 is 34.5 Å². The number of thiophene rings is 1. The predicted molar refractivity (Wildman–Crippen MR) is 104 cm³/mol. The van der Waals surface area contributed by atoms with Crippen LogP contribution in [0.5, 0.6) is 0 Å². The Morgan fingerprint density at radius 3 is 2.88 bits per heavy atom. The zero-order valence-corrected chi connectivity index (χ0v) is 16.2. The zero-order valence-electron chi connectivity index (χ0n) is 13.9. The van der Waals surface area contributed by atoms with Crippen molar-refractivity contribution < 1.29 is 4.79 Å². The van der Waals surface area contributed by atoms with E-state index >= 15 is 0 Å². The Kier molecular flexibility index (Phi) is 5.05. The van der Waals surface area contributed by atoms with Crippen LogP contribution in [0.15, 0.2) is 29.6 Å². The van der Waals surface area contributed by atoms with Crippen molar-refractivity contribution in [3.8, 4) is 0 Å². The summed E-state index contributed by atoms with van der Waals surface area (Å²) in [7, 11) is 0. The second-order valence-electron chi connectivity index (χ2n) is 6.78. The number of likely N-dealkylation sites (tertiary alicyclic amines) is 1. The number of rotatable bonds is 4. The normalized spacial score (nSPS) is 18.1. The third-order valence-corrected chi connectivity index (χ3v) is 6.80. The van der Waals surface area contributed by atoms with Gasteiger partial charge in [0.15, 0.2) is 0 Å². The lowest BCUT2D eigenvalue weighted by Crippen LogP contribution is -2.61. The minimum absolute atomic E-state index is 0.218. The molecule has 1 amide bonds. The number of amides is 1. The minimum Gasteiger partial charge on any atom is -0.339 e. The Morgan fingerprint density at radius 1 is 1.24 bits per heavy atom. The molecule has 0 atom stereocenters. The zero-order chi connectivity index (χ0) is 17.4. The number of hydrogen-bond acceptors (Lipinski definition) is 3. The van der Waals surface area contributed by atoms with E-state index in [-0.39, 0.29) is 5.91 Å². The molecule has 0 radical (unpaired) electrons. The number of benzene rings is 1. The summed E-state index contributed by atoms with van der Waals surface area (Å²) < 4.78 is 0. The maximum absolute atomic E-state index is 12.4. The Labute approximate surface area is 162 Å². The molecule has 1 saturated heterocycles. The van der Waals surface area contributed by atoms with E-state index < -0.39 is 0 Å². The molecule has 3 heterocycles. The molecule has 2 aliphatic rings. The van der Waals surface area contributed by atoms with Crippen LogP contribution in [0.4, 0.5) is 0 Å². The van der Waals surface area contributed by atoms with E-state index in [1.165, 1.54) is 10.4 Å². The lowest BCUT2D eigenvalue weighted by Gasteiger charge is -2.46. The van der Waals surface area contributed by atoms with Gasteiger partial charge >= 0.3 is 0 Å². The topological polar surface area (TPSA) is 23.6 Å². The Bertz CT molecular complexity index is 785. The lowest BCUT2D eigenvalue weighted by molar-refractivity contribution is -0.138. The van der Waals surface area contributed by atoms with Crippen LogP contribution < -0.4 is 0 Å². The van der Waals surface area contributed by atoms with E-state index in [1.54, 1.807) is 6.07 Å². The monoisotopic (exact) mass is 394 g/mol. The molecule has 4 rings (SSSR count). The van der Waals surface area contributed by atoms with E-state index in [0.29, 0.717) is 28.9 Å². The van der Waals surface area contributed by atoms with Gasteiger partial charge in [-0.3, -0.25) is 9.69 Å². The van der Waals surface area contributed by atoms with E-state index in [9.17, 15) is 4.79 Å². The van der Waals surface area contributed by atoms with Gasteiger partial charge in [0.1, 0.15) is 0 Å². The van der Waals surface area contributed by atoms with Crippen LogP contribution in [0.3, 0.4) is 0 Å². The number of hydrogen-bond donors (Lipinski definition) is 0. The molecule has 6 heteroatoms. The summed E-state index contributed by atoms with van der Waals surface area (Å²) in [5, 5.41) is 3.45. The van der Waals surface area contributed by atoms with Crippen molar-refractivity contribution in [3.05, 3.63) is 55.7 Å². The van der Waals surface area contributed by atoms with Gasteiger partial charge in [-0.2, -0.15) is 0 Å². The summed E-state index contributed by atoms with van der Waals surface area (Å²) in [6.45, 7) is 3.85. The molecule has 0 N–H and O–H groups in total. The number of carbonyl (C=O) groups is 1. The largest absolute Gasteiger partial charge is 0.339 e. The maximum atomic E-state index is 12.4. The number of fused-ring (bicyclic) bond motifs is 1. The molecule has 0 unspecified atom stereocenters. The fraction of sp³-hybridized carbons (Fsp3) is 0.421. The first-order chi connectivity index (χ1) is 12.1. The van der Waals surface area contributed by atoms with Crippen molar-refractivity contribution in [1.29, 1.82) is 0 Å². The number of carbonyl (C=O) groups excluding carboxylic acids is 1. The molecular formula is C19H20Cl2N2OS. The second-order valence-corrected chi connectivity index (χ2v) is 8.62. The van der Waals surface area contributed by atoms with Gasteiger partial charge in [-0.05, 0) is 47.5 Å². The van der Waals surface area contributed by atoms with E-state index in [4.69, 9.17) is 23.2 Å². The molecule has 1 aromatic carbocycles. The first kappa shape index (κ1) is 17.3. The molecule has 25 heavy (non-hydrogen) atoms. The quantitative estimate of drug-likeness (QED) is 0.773. The second kappa shape index (κ2) is 7.28. The molecule has 0 saturated carbocycles. The van der Waals surface area contributed by atoms with Gasteiger partial charge in [0, 0.05) is 53.6 Å². The van der Waals surface area contributed by atoms with Crippen molar-refractivity contribution in [1.82, 2.24) is 9.80 Å². The van der Waals surface area contributed by atoms with Gasteiger partial charge < -0.3 is 4.90 Å². The third-order valence-electron chi connectivity index (χ3n) is 5.19. The maximum Gasteiger partial charge on any atom is 0.223 e. The fourth-order valence-corrected chi connectivity index (χ4v) is 4.99. The van der Waals surface area contributed by atoms with Crippen molar-refractivity contribution in [2.45, 2.75) is 31.8 Å². The number of aryl methyl sites for hydroxylation is 1. The van der Waals surface area contributed by atoms with Crippen LogP contribution in [-0.2, 0) is 24.2 Å². The van der Waals surface area contributed by atoms with Gasteiger partial charge in [-0.15, -0.1) is 11.3 Å². The van der Waals surface area contributed by atoms with Gasteiger partial charge in [-0.25, -0.2) is 0 Å². The first-order valence-electron chi connectivity index (χ1n) is 8.61. The predicted octanol–water partition coefficient (Wildman–Crippen LogP) is 4.26. The lowest BCUT2D eigenvalue weighted by atomic mass is 10.0. The Balaban J connectivity index is 1.25. The van der Waals surface area contributed by atoms with Crippen LogP contribution in [0.25, 0.3) is 0 Å². The minimum atomic E-state index is 0.218. The average Bonchev–Trinajstić information content (AvgIpc) is 3.00. The molecule has 2 aromatic rings. The van der Waals surface area contributed by atoms with Crippen LogP contribution in [-0.4, -0.2) is 41.4 Å². The van der Waals surface area contributed by atoms with Crippen LogP contribution in [0.1, 0.15) is 22.4 Å². The summed E-state index contributed by atoms with van der Waals surface area (Å²) in [6.07, 6.45) is 2.31. The van der Waals surface area contributed by atoms with Crippen molar-refractivity contribution in [3.63, 3.8) is 0 Å². The standard InChI is InChI=1S/C19H20Cl2N2OS/c20-15-3-1-13(17(21)9-15)2-4-19(24)23-11-16(12-23)22-7-5-18-14(10-22)6-8-25-18/h1,3,6,8-9,16H,2,4-5,7,10-12H2. The average molecular weight is 395 g/mol. The fourth-order valence-electron chi connectivity index (χ4n) is 3.60. The molecule has 3 nitrogen and oxygen atoms in total. The molecule has 1 aromatic heterocycles. The van der Waals surface area contributed by atoms with Crippen LogP contribution in [0, 0.1) is 0 Å². The van der Waals surface area contributed by atoms with Gasteiger partial charge in [0.2, 0.25) is 5.91 Å². The summed E-state index contributed by atoms with van der Waals surface area (Å²) in [4.78, 5) is 18.4. The molecular weight excluding hydrogens is 375 g/mol. The summed E-state index contributed by atoms with van der Waals surface area (Å²) in [6, 6.07) is 8.21. The Morgan fingerprint density at radius 2 is 2.08 bits per heavy atom. The van der Waals surface area contributed by atoms with E-state index in [1.807, 2.05) is 28.4 Å². The SMILES string of the molecule is O=C(CCc1ccc(Cl)cc1Cl)N1CC(N2CCc3sccc3C2)C1. The summed E-state index contributed by atoms with van der Waals surface area (Å²) in [5.74, 6) is 0.218. The molecule has 2 aliphatic heterocycles. The van der Waals surface area contributed by atoms with Crippen molar-refractivity contribution in [2.24, 2.45) is 0 Å². The van der Waals surface area contributed by atoms with E-state index in [2.05, 4.69) is 16.3 Å². The smallest absolute Gasteiger partial charge is 0.223 e. The molecule has 132 valence electrons. The number of halogens is 2. The highest BCUT2D eigenvalue weighted by Gasteiger charge is 2.35. The summed E-state index contributed by atoms with van der Waals surface area (Å²) in [5.41, 5.74) is 2.45. The highest BCUT2D eigenvalue weighted by atomic mass is 35.5.